The molecule has 0 aliphatic rings. The molecule has 0 bridgehead atoms. The van der Waals surface area contributed by atoms with Gasteiger partial charge in [0.2, 0.25) is 11.2 Å². The highest BCUT2D eigenvalue weighted by Gasteiger charge is 2.22. The van der Waals surface area contributed by atoms with Crippen LogP contribution in [0.2, 0.25) is 0 Å². The molecule has 0 spiro atoms. The zero-order valence-corrected chi connectivity index (χ0v) is 30.4. The number of nitrogens with two attached hydrogens (primary N) is 5. The second-order valence-electron chi connectivity index (χ2n) is 13.5. The monoisotopic (exact) mass is 717 g/mol. The van der Waals surface area contributed by atoms with Gasteiger partial charge in [-0.15, -0.1) is 0 Å². The van der Waals surface area contributed by atoms with Crippen LogP contribution in [0, 0.1) is 0 Å². The first-order chi connectivity index (χ1) is 26.8. The summed E-state index contributed by atoms with van der Waals surface area (Å²) in [4.78, 5) is 9.10. The van der Waals surface area contributed by atoms with Crippen molar-refractivity contribution in [3.63, 3.8) is 0 Å². The first-order valence-electron chi connectivity index (χ1n) is 18.2. The summed E-state index contributed by atoms with van der Waals surface area (Å²) in [6.07, 6.45) is 0. The highest BCUT2D eigenvalue weighted by molar-refractivity contribution is 6.10. The molecule has 0 aliphatic heterocycles. The number of nitrogens with zero attached hydrogens (tertiary/aromatic N) is 3. The van der Waals surface area contributed by atoms with E-state index in [0.717, 1.165) is 84.1 Å². The molecule has 0 saturated heterocycles. The summed E-state index contributed by atoms with van der Waals surface area (Å²) >= 11 is 0. The number of benzene rings is 7. The van der Waals surface area contributed by atoms with Gasteiger partial charge >= 0.3 is 0 Å². The minimum Gasteiger partial charge on any atom is -0.399 e. The lowest BCUT2D eigenvalue weighted by Gasteiger charge is -2.12. The fourth-order valence-electron chi connectivity index (χ4n) is 7.22. The SMILES string of the molecule is CC[n+]1c(-c2ccccc2)c2cc(N)ccc2c2ccc(N)cc21.Nc1c2ccccc2nc2ccccc12.Nc1ccc2cc3ccc(N)cc3nc2c1. The molecule has 0 radical (unpaired) electrons. The van der Waals surface area contributed by atoms with Crippen LogP contribution in [-0.2, 0) is 6.54 Å². The zero-order chi connectivity index (χ0) is 38.1. The maximum atomic E-state index is 6.11. The smallest absolute Gasteiger partial charge is 0.220 e. The number of para-hydroxylation sites is 2. The lowest BCUT2D eigenvalue weighted by molar-refractivity contribution is -0.655. The van der Waals surface area contributed by atoms with Gasteiger partial charge in [-0.25, -0.2) is 9.97 Å². The van der Waals surface area contributed by atoms with Crippen molar-refractivity contribution in [3.05, 3.63) is 158 Å². The average molecular weight is 718 g/mol. The number of hydrogen-bond donors (Lipinski definition) is 5. The topological polar surface area (TPSA) is 160 Å². The van der Waals surface area contributed by atoms with E-state index < -0.39 is 0 Å². The van der Waals surface area contributed by atoms with Gasteiger partial charge in [0.05, 0.1) is 38.5 Å². The molecule has 10 rings (SSSR count). The van der Waals surface area contributed by atoms with Crippen LogP contribution in [0.5, 0.6) is 0 Å². The molecule has 3 heterocycles. The molecule has 0 amide bonds. The van der Waals surface area contributed by atoms with Crippen molar-refractivity contribution < 1.29 is 4.57 Å². The molecule has 0 saturated carbocycles. The number of pyridine rings is 3. The Hall–Kier alpha value is -7.45. The number of fused-ring (bicyclic) bond motifs is 7. The third-order valence-corrected chi connectivity index (χ3v) is 9.83. The van der Waals surface area contributed by atoms with E-state index in [1.165, 1.54) is 27.4 Å². The molecule has 10 N–H and O–H groups in total. The van der Waals surface area contributed by atoms with E-state index in [4.69, 9.17) is 28.7 Å². The van der Waals surface area contributed by atoms with Gasteiger partial charge in [0.15, 0.2) is 0 Å². The molecule has 55 heavy (non-hydrogen) atoms. The molecule has 0 atom stereocenters. The second-order valence-corrected chi connectivity index (χ2v) is 13.5. The van der Waals surface area contributed by atoms with Crippen molar-refractivity contribution in [2.24, 2.45) is 0 Å². The number of rotatable bonds is 2. The van der Waals surface area contributed by atoms with Crippen LogP contribution in [-0.4, -0.2) is 9.97 Å². The average Bonchev–Trinajstić information content (AvgIpc) is 3.20. The molecule has 8 nitrogen and oxygen atoms in total. The van der Waals surface area contributed by atoms with Crippen molar-refractivity contribution in [2.45, 2.75) is 13.5 Å². The van der Waals surface area contributed by atoms with Gasteiger partial charge in [-0.3, -0.25) is 0 Å². The minimum atomic E-state index is 0.725. The van der Waals surface area contributed by atoms with E-state index in [0.29, 0.717) is 0 Å². The largest absolute Gasteiger partial charge is 0.399 e. The number of hydrogen-bond acceptors (Lipinski definition) is 7. The van der Waals surface area contributed by atoms with Crippen molar-refractivity contribution in [2.75, 3.05) is 28.7 Å². The molecule has 0 aliphatic carbocycles. The van der Waals surface area contributed by atoms with Gasteiger partial charge in [-0.1, -0.05) is 72.8 Å². The normalized spacial score (nSPS) is 11.1. The molecule has 10 aromatic rings. The van der Waals surface area contributed by atoms with Crippen LogP contribution < -0.4 is 33.2 Å². The number of anilines is 5. The minimum absolute atomic E-state index is 0.725. The molecule has 0 fully saturated rings. The van der Waals surface area contributed by atoms with E-state index in [1.807, 2.05) is 103 Å². The predicted molar refractivity (Wildman–Crippen MR) is 233 cm³/mol. The van der Waals surface area contributed by atoms with Crippen LogP contribution in [0.4, 0.5) is 28.4 Å². The third-order valence-electron chi connectivity index (χ3n) is 9.83. The molecule has 268 valence electrons. The zero-order valence-electron chi connectivity index (χ0n) is 30.4. The Labute approximate surface area is 318 Å². The Bertz CT molecular complexity index is 2920. The number of nitrogen functional groups attached to an aromatic ring is 5. The van der Waals surface area contributed by atoms with Crippen LogP contribution >= 0.6 is 0 Å². The van der Waals surface area contributed by atoms with Crippen LogP contribution in [0.15, 0.2) is 158 Å². The Morgan fingerprint density at radius 1 is 0.418 bits per heavy atom. The Morgan fingerprint density at radius 2 is 0.909 bits per heavy atom. The number of aromatic nitrogens is 3. The molecule has 8 heteroatoms. The third kappa shape index (κ3) is 6.80. The summed E-state index contributed by atoms with van der Waals surface area (Å²) in [6.45, 7) is 3.02. The van der Waals surface area contributed by atoms with Crippen molar-refractivity contribution in [1.82, 2.24) is 9.97 Å². The summed E-state index contributed by atoms with van der Waals surface area (Å²) in [5.74, 6) is 0. The predicted octanol–water partition coefficient (Wildman–Crippen LogP) is 9.65. The van der Waals surface area contributed by atoms with Crippen LogP contribution in [0.1, 0.15) is 6.92 Å². The van der Waals surface area contributed by atoms with Crippen molar-refractivity contribution in [3.8, 4) is 11.3 Å². The summed E-state index contributed by atoms with van der Waals surface area (Å²) in [7, 11) is 0. The van der Waals surface area contributed by atoms with E-state index in [9.17, 15) is 0 Å². The molecule has 7 aromatic carbocycles. The Kier molecular flexibility index (Phi) is 9.14. The lowest BCUT2D eigenvalue weighted by Crippen LogP contribution is -2.36. The molecule has 0 unspecified atom stereocenters. The van der Waals surface area contributed by atoms with Gasteiger partial charge in [0.1, 0.15) is 6.54 Å². The maximum absolute atomic E-state index is 6.11. The van der Waals surface area contributed by atoms with Crippen molar-refractivity contribution in [1.29, 1.82) is 0 Å². The fraction of sp³-hybridized carbons (Fsp3) is 0.0426. The summed E-state index contributed by atoms with van der Waals surface area (Å²) in [5, 5.41) is 7.79. The van der Waals surface area contributed by atoms with Crippen LogP contribution in [0.3, 0.4) is 0 Å². The summed E-state index contributed by atoms with van der Waals surface area (Å²) in [5.41, 5.74) is 40.8. The molecular weight excluding hydrogens is 677 g/mol. The Morgan fingerprint density at radius 3 is 1.51 bits per heavy atom. The summed E-state index contributed by atoms with van der Waals surface area (Å²) in [6, 6.07) is 52.2. The summed E-state index contributed by atoms with van der Waals surface area (Å²) < 4.78 is 2.32. The molecule has 3 aromatic heterocycles. The highest BCUT2D eigenvalue weighted by Crippen LogP contribution is 2.33. The fourth-order valence-corrected chi connectivity index (χ4v) is 7.22. The van der Waals surface area contributed by atoms with E-state index in [2.05, 4.69) is 76.1 Å². The standard InChI is InChI=1S/C21H19N3.C13H11N3.C13H10N2/c1-2-24-20-13-16(23)9-11-18(20)17-10-8-15(22)12-19(17)21(24)14-6-4-3-5-7-14;14-10-3-1-8-5-9-2-4-11(15)7-13(9)16-12(8)6-10;14-13-9-5-1-3-7-11(9)15-12-8-4-2-6-10(12)13/h3-13,23H,2,22H2,1H3;1-7H,14-15H2;1-8H,(H2,14,15)/p+1. The first kappa shape index (κ1) is 34.6. The maximum Gasteiger partial charge on any atom is 0.220 e. The van der Waals surface area contributed by atoms with Gasteiger partial charge in [-0.2, -0.15) is 4.57 Å². The first-order valence-corrected chi connectivity index (χ1v) is 18.2. The number of aryl methyl sites for hydroxylation is 1. The Balaban J connectivity index is 0.000000121. The second kappa shape index (κ2) is 14.5. The van der Waals surface area contributed by atoms with E-state index in [-0.39, 0.29) is 0 Å². The van der Waals surface area contributed by atoms with E-state index in [1.54, 1.807) is 0 Å². The lowest BCUT2D eigenvalue weighted by atomic mass is 9.98. The quantitative estimate of drug-likeness (QED) is 0.0515. The van der Waals surface area contributed by atoms with Gasteiger partial charge in [0.25, 0.3) is 0 Å². The van der Waals surface area contributed by atoms with Gasteiger partial charge in [-0.05, 0) is 85.8 Å². The highest BCUT2D eigenvalue weighted by atomic mass is 15.0. The van der Waals surface area contributed by atoms with Gasteiger partial charge < -0.3 is 28.7 Å². The van der Waals surface area contributed by atoms with Gasteiger partial charge in [0, 0.05) is 61.3 Å². The van der Waals surface area contributed by atoms with Crippen LogP contribution in [0.25, 0.3) is 76.5 Å². The van der Waals surface area contributed by atoms with E-state index >= 15 is 0 Å². The van der Waals surface area contributed by atoms with Crippen molar-refractivity contribution >= 4 is 93.7 Å². The molecular formula is C47H41N8+.